The van der Waals surface area contributed by atoms with E-state index >= 15 is 0 Å². The lowest BCUT2D eigenvalue weighted by molar-refractivity contribution is 0.0210. The van der Waals surface area contributed by atoms with E-state index in [4.69, 9.17) is 4.74 Å². The van der Waals surface area contributed by atoms with Crippen LogP contribution in [0.1, 0.15) is 32.8 Å². The zero-order chi connectivity index (χ0) is 15.7. The Morgan fingerprint density at radius 2 is 1.91 bits per heavy atom. The summed E-state index contributed by atoms with van der Waals surface area (Å²) in [5.74, 6) is 0.579. The van der Waals surface area contributed by atoms with Crippen LogP contribution in [0.5, 0.6) is 0 Å². The minimum Gasteiger partial charge on any atom is -0.444 e. The largest absolute Gasteiger partial charge is 0.444 e. The molecular weight excluding hydrogens is 276 g/mol. The van der Waals surface area contributed by atoms with Crippen LogP contribution in [-0.4, -0.2) is 47.2 Å². The van der Waals surface area contributed by atoms with Gasteiger partial charge in [0.25, 0.3) is 0 Å². The number of ether oxygens (including phenoxy) is 1. The van der Waals surface area contributed by atoms with E-state index in [0.29, 0.717) is 12.0 Å². The van der Waals surface area contributed by atoms with E-state index in [-0.39, 0.29) is 6.09 Å². The summed E-state index contributed by atoms with van der Waals surface area (Å²) in [4.78, 5) is 16.8. The summed E-state index contributed by atoms with van der Waals surface area (Å²) in [7, 11) is 0. The molecule has 2 aliphatic rings. The van der Waals surface area contributed by atoms with Crippen LogP contribution >= 0.6 is 0 Å². The van der Waals surface area contributed by atoms with Gasteiger partial charge in [-0.05, 0) is 38.7 Å². The van der Waals surface area contributed by atoms with E-state index < -0.39 is 5.60 Å². The molecule has 0 radical (unpaired) electrons. The number of fused-ring (bicyclic) bond motifs is 2. The highest BCUT2D eigenvalue weighted by atomic mass is 16.6. The average molecular weight is 302 g/mol. The fourth-order valence-electron chi connectivity index (χ4n) is 3.57. The third-order valence-corrected chi connectivity index (χ3v) is 4.36. The molecule has 4 heteroatoms. The second-order valence-corrected chi connectivity index (χ2v) is 7.57. The first-order valence-electron chi connectivity index (χ1n) is 8.16. The van der Waals surface area contributed by atoms with Crippen LogP contribution in [-0.2, 0) is 11.3 Å². The summed E-state index contributed by atoms with van der Waals surface area (Å²) in [6.45, 7) is 9.61. The smallest absolute Gasteiger partial charge is 0.410 e. The maximum absolute atomic E-state index is 12.4. The Hall–Kier alpha value is -1.55. The van der Waals surface area contributed by atoms with Gasteiger partial charge in [-0.15, -0.1) is 0 Å². The van der Waals surface area contributed by atoms with Crippen molar-refractivity contribution in [1.82, 2.24) is 9.80 Å². The van der Waals surface area contributed by atoms with Gasteiger partial charge in [-0.2, -0.15) is 0 Å². The molecule has 0 aromatic heterocycles. The minimum atomic E-state index is -0.419. The van der Waals surface area contributed by atoms with Gasteiger partial charge < -0.3 is 9.64 Å². The molecule has 2 bridgehead atoms. The molecule has 0 aliphatic carbocycles. The molecule has 2 fully saturated rings. The predicted molar refractivity (Wildman–Crippen MR) is 86.6 cm³/mol. The van der Waals surface area contributed by atoms with Gasteiger partial charge in [0.2, 0.25) is 0 Å². The lowest BCUT2D eigenvalue weighted by atomic mass is 9.99. The number of amides is 1. The Bertz CT molecular complexity index is 524. The molecule has 2 heterocycles. The van der Waals surface area contributed by atoms with Crippen LogP contribution in [0.25, 0.3) is 0 Å². The number of benzene rings is 1. The first-order chi connectivity index (χ1) is 10.4. The zero-order valence-corrected chi connectivity index (χ0v) is 13.8. The molecule has 4 nitrogen and oxygen atoms in total. The van der Waals surface area contributed by atoms with Gasteiger partial charge in [0, 0.05) is 32.2 Å². The molecule has 0 spiro atoms. The van der Waals surface area contributed by atoms with Crippen molar-refractivity contribution < 1.29 is 9.53 Å². The second kappa shape index (κ2) is 5.92. The van der Waals surface area contributed by atoms with Crippen molar-refractivity contribution in [2.75, 3.05) is 19.6 Å². The highest BCUT2D eigenvalue weighted by molar-refractivity contribution is 5.69. The maximum atomic E-state index is 12.4. The molecule has 1 aromatic rings. The molecule has 2 saturated heterocycles. The van der Waals surface area contributed by atoms with Crippen molar-refractivity contribution in [3.63, 3.8) is 0 Å². The van der Waals surface area contributed by atoms with E-state index in [2.05, 4.69) is 29.2 Å². The quantitative estimate of drug-likeness (QED) is 0.841. The Balaban J connectivity index is 1.61. The first-order valence-corrected chi connectivity index (χ1v) is 8.16. The summed E-state index contributed by atoms with van der Waals surface area (Å²) >= 11 is 0. The maximum Gasteiger partial charge on any atom is 0.410 e. The normalized spacial score (nSPS) is 25.3. The zero-order valence-electron chi connectivity index (χ0n) is 13.8. The van der Waals surface area contributed by atoms with Crippen LogP contribution in [0, 0.1) is 5.92 Å². The number of carbonyl (C=O) groups excluding carboxylic acids is 1. The van der Waals surface area contributed by atoms with Crippen molar-refractivity contribution in [2.24, 2.45) is 5.92 Å². The van der Waals surface area contributed by atoms with E-state index in [1.165, 1.54) is 5.56 Å². The number of hydrogen-bond acceptors (Lipinski definition) is 3. The van der Waals surface area contributed by atoms with Crippen LogP contribution in [0.2, 0.25) is 0 Å². The lowest BCUT2D eigenvalue weighted by Crippen LogP contribution is -2.45. The minimum absolute atomic E-state index is 0.151. The number of hydrogen-bond donors (Lipinski definition) is 0. The summed E-state index contributed by atoms with van der Waals surface area (Å²) in [5, 5.41) is 0. The molecular formula is C18H26N2O2. The van der Waals surface area contributed by atoms with Crippen LogP contribution < -0.4 is 0 Å². The molecule has 1 amide bonds. The number of nitrogens with zero attached hydrogens (tertiary/aromatic N) is 2. The van der Waals surface area contributed by atoms with Crippen molar-refractivity contribution in [1.29, 1.82) is 0 Å². The van der Waals surface area contributed by atoms with Gasteiger partial charge in [-0.25, -0.2) is 4.79 Å². The van der Waals surface area contributed by atoms with Crippen LogP contribution in [0.3, 0.4) is 0 Å². The molecule has 0 unspecified atom stereocenters. The number of carbonyl (C=O) groups is 1. The molecule has 22 heavy (non-hydrogen) atoms. The lowest BCUT2D eigenvalue weighted by Gasteiger charge is -2.33. The SMILES string of the molecule is CC(C)(C)OC(=O)N1C[C@H]2C[C@H]1CN(Cc1ccccc1)C2. The summed E-state index contributed by atoms with van der Waals surface area (Å²) in [6, 6.07) is 10.9. The fraction of sp³-hybridized carbons (Fsp3) is 0.611. The Kier molecular flexibility index (Phi) is 4.13. The molecule has 2 atom stereocenters. The molecule has 2 aliphatic heterocycles. The summed E-state index contributed by atoms with van der Waals surface area (Å²) in [5.41, 5.74) is 0.921. The number of likely N-dealkylation sites (tertiary alicyclic amines) is 2. The highest BCUT2D eigenvalue weighted by Gasteiger charge is 2.42. The van der Waals surface area contributed by atoms with Crippen molar-refractivity contribution in [2.45, 2.75) is 45.4 Å². The molecule has 0 saturated carbocycles. The van der Waals surface area contributed by atoms with Gasteiger partial charge >= 0.3 is 6.09 Å². The Morgan fingerprint density at radius 1 is 1.18 bits per heavy atom. The Labute approximate surface area is 133 Å². The van der Waals surface area contributed by atoms with Crippen molar-refractivity contribution in [3.8, 4) is 0 Å². The topological polar surface area (TPSA) is 32.8 Å². The van der Waals surface area contributed by atoms with E-state index in [1.54, 1.807) is 0 Å². The first kappa shape index (κ1) is 15.3. The van der Waals surface area contributed by atoms with Crippen molar-refractivity contribution >= 4 is 6.09 Å². The summed E-state index contributed by atoms with van der Waals surface area (Å²) < 4.78 is 5.55. The van der Waals surface area contributed by atoms with E-state index in [1.807, 2.05) is 31.7 Å². The third-order valence-electron chi connectivity index (χ3n) is 4.36. The monoisotopic (exact) mass is 302 g/mol. The second-order valence-electron chi connectivity index (χ2n) is 7.57. The number of piperidine rings is 1. The van der Waals surface area contributed by atoms with Gasteiger partial charge in [-0.1, -0.05) is 30.3 Å². The fourth-order valence-corrected chi connectivity index (χ4v) is 3.57. The van der Waals surface area contributed by atoms with Gasteiger partial charge in [0.05, 0.1) is 0 Å². The third kappa shape index (κ3) is 3.61. The van der Waals surface area contributed by atoms with E-state index in [0.717, 1.165) is 32.6 Å². The molecule has 0 N–H and O–H groups in total. The Morgan fingerprint density at radius 3 is 2.59 bits per heavy atom. The van der Waals surface area contributed by atoms with Gasteiger partial charge in [0.15, 0.2) is 0 Å². The highest BCUT2D eigenvalue weighted by Crippen LogP contribution is 2.31. The molecule has 3 rings (SSSR count). The van der Waals surface area contributed by atoms with E-state index in [9.17, 15) is 4.79 Å². The summed E-state index contributed by atoms with van der Waals surface area (Å²) in [6.07, 6.45) is 0.964. The standard InChI is InChI=1S/C18H26N2O2/c1-18(2,3)22-17(21)20-12-15-9-16(20)13-19(11-15)10-14-7-5-4-6-8-14/h4-8,15-16H,9-13H2,1-3H3/t15-,16-/m0/s1. The van der Waals surface area contributed by atoms with Gasteiger partial charge in [0.1, 0.15) is 5.60 Å². The predicted octanol–water partition coefficient (Wildman–Crippen LogP) is 3.13. The molecule has 1 aromatic carbocycles. The molecule has 120 valence electrons. The van der Waals surface area contributed by atoms with Crippen LogP contribution in [0.4, 0.5) is 4.79 Å². The van der Waals surface area contributed by atoms with Crippen LogP contribution in [0.15, 0.2) is 30.3 Å². The van der Waals surface area contributed by atoms with Crippen molar-refractivity contribution in [3.05, 3.63) is 35.9 Å². The number of rotatable bonds is 2. The average Bonchev–Trinajstić information content (AvgIpc) is 2.73. The van der Waals surface area contributed by atoms with Gasteiger partial charge in [-0.3, -0.25) is 4.90 Å².